The van der Waals surface area contributed by atoms with Crippen molar-refractivity contribution < 1.29 is 9.90 Å². The molecule has 1 fully saturated rings. The first-order valence-electron chi connectivity index (χ1n) is 7.34. The van der Waals surface area contributed by atoms with Crippen LogP contribution in [0.15, 0.2) is 17.1 Å². The molecule has 2 aromatic heterocycles. The van der Waals surface area contributed by atoms with Crippen LogP contribution in [0.4, 0.5) is 11.5 Å². The number of carboxylic acids is 1. The summed E-state index contributed by atoms with van der Waals surface area (Å²) in [5.74, 6) is -0.351. The number of carbonyl (C=O) groups is 1. The lowest BCUT2D eigenvalue weighted by Gasteiger charge is -2.38. The number of rotatable bonds is 1. The van der Waals surface area contributed by atoms with E-state index in [0.29, 0.717) is 17.1 Å². The van der Waals surface area contributed by atoms with Crippen LogP contribution in [0.3, 0.4) is 0 Å². The topological polar surface area (TPSA) is 89.5 Å². The molecule has 4 rings (SSSR count). The van der Waals surface area contributed by atoms with Crippen LogP contribution in [0.25, 0.3) is 11.0 Å². The van der Waals surface area contributed by atoms with E-state index in [1.165, 1.54) is 6.20 Å². The van der Waals surface area contributed by atoms with E-state index in [-0.39, 0.29) is 5.56 Å². The number of aromatic carboxylic acids is 1. The van der Waals surface area contributed by atoms with Gasteiger partial charge in [0.25, 0.3) is 0 Å². The number of anilines is 2. The SMILES string of the molecule is CN1C[C@@H]2CCCN2c2nc3[nH]cc(C(=O)O)c(=O)c3cc21. The number of aromatic amines is 1. The molecule has 7 heteroatoms. The van der Waals surface area contributed by atoms with Crippen LogP contribution < -0.4 is 15.2 Å². The van der Waals surface area contributed by atoms with Gasteiger partial charge in [-0.25, -0.2) is 9.78 Å². The first-order valence-corrected chi connectivity index (χ1v) is 7.34. The van der Waals surface area contributed by atoms with Crippen LogP contribution in [0.5, 0.6) is 0 Å². The predicted molar refractivity (Wildman–Crippen MR) is 83.0 cm³/mol. The fourth-order valence-electron chi connectivity index (χ4n) is 3.50. The zero-order valence-corrected chi connectivity index (χ0v) is 12.2. The molecule has 0 aliphatic carbocycles. The third-order valence-corrected chi connectivity index (χ3v) is 4.60. The summed E-state index contributed by atoms with van der Waals surface area (Å²) < 4.78 is 0. The summed E-state index contributed by atoms with van der Waals surface area (Å²) in [6, 6.07) is 2.23. The van der Waals surface area contributed by atoms with Crippen molar-refractivity contribution in [1.29, 1.82) is 0 Å². The second kappa shape index (κ2) is 4.46. The molecule has 2 aliphatic rings. The molecule has 2 N–H and O–H groups in total. The number of pyridine rings is 2. The van der Waals surface area contributed by atoms with Crippen molar-refractivity contribution >= 4 is 28.5 Å². The van der Waals surface area contributed by atoms with Crippen LogP contribution in [0.2, 0.25) is 0 Å². The molecule has 7 nitrogen and oxygen atoms in total. The zero-order valence-electron chi connectivity index (χ0n) is 12.2. The number of hydrogen-bond acceptors (Lipinski definition) is 5. The minimum absolute atomic E-state index is 0.258. The second-order valence-electron chi connectivity index (χ2n) is 5.93. The van der Waals surface area contributed by atoms with Crippen molar-refractivity contribution in [2.24, 2.45) is 0 Å². The molecule has 2 aliphatic heterocycles. The van der Waals surface area contributed by atoms with Crippen LogP contribution in [-0.2, 0) is 0 Å². The summed E-state index contributed by atoms with van der Waals surface area (Å²) in [5, 5.41) is 9.40. The largest absolute Gasteiger partial charge is 0.477 e. The van der Waals surface area contributed by atoms with Gasteiger partial charge in [-0.2, -0.15) is 0 Å². The van der Waals surface area contributed by atoms with E-state index in [4.69, 9.17) is 5.11 Å². The van der Waals surface area contributed by atoms with Gasteiger partial charge < -0.3 is 19.9 Å². The molecule has 0 unspecified atom stereocenters. The summed E-state index contributed by atoms with van der Waals surface area (Å²) in [6.07, 6.45) is 3.52. The molecule has 2 aromatic rings. The average molecular weight is 300 g/mol. The lowest BCUT2D eigenvalue weighted by molar-refractivity contribution is 0.0695. The number of aromatic nitrogens is 2. The quantitative estimate of drug-likeness (QED) is 0.818. The molecule has 0 saturated carbocycles. The van der Waals surface area contributed by atoms with Gasteiger partial charge in [-0.15, -0.1) is 0 Å². The minimum atomic E-state index is -1.23. The Labute approximate surface area is 126 Å². The van der Waals surface area contributed by atoms with E-state index in [9.17, 15) is 9.59 Å². The number of fused-ring (bicyclic) bond motifs is 4. The monoisotopic (exact) mass is 300 g/mol. The summed E-state index contributed by atoms with van der Waals surface area (Å²) >= 11 is 0. The highest BCUT2D eigenvalue weighted by Crippen LogP contribution is 2.38. The molecule has 0 radical (unpaired) electrons. The van der Waals surface area contributed by atoms with Crippen LogP contribution in [-0.4, -0.2) is 47.2 Å². The van der Waals surface area contributed by atoms with Crippen molar-refractivity contribution in [2.45, 2.75) is 18.9 Å². The molecular weight excluding hydrogens is 284 g/mol. The third-order valence-electron chi connectivity index (χ3n) is 4.60. The van der Waals surface area contributed by atoms with E-state index in [0.717, 1.165) is 37.4 Å². The van der Waals surface area contributed by atoms with E-state index < -0.39 is 11.4 Å². The van der Waals surface area contributed by atoms with E-state index in [2.05, 4.69) is 19.8 Å². The van der Waals surface area contributed by atoms with Crippen molar-refractivity contribution in [3.05, 3.63) is 28.0 Å². The number of H-pyrrole nitrogens is 1. The second-order valence-corrected chi connectivity index (χ2v) is 5.93. The molecule has 114 valence electrons. The van der Waals surface area contributed by atoms with Crippen LogP contribution in [0.1, 0.15) is 23.2 Å². The van der Waals surface area contributed by atoms with E-state index in [1.807, 2.05) is 7.05 Å². The number of carboxylic acid groups (broad SMARTS) is 1. The first-order chi connectivity index (χ1) is 10.6. The summed E-state index contributed by atoms with van der Waals surface area (Å²) in [6.45, 7) is 1.87. The molecule has 4 heterocycles. The molecule has 0 bridgehead atoms. The fourth-order valence-corrected chi connectivity index (χ4v) is 3.50. The van der Waals surface area contributed by atoms with Crippen molar-refractivity contribution in [1.82, 2.24) is 9.97 Å². The number of nitrogens with one attached hydrogen (secondary N) is 1. The van der Waals surface area contributed by atoms with E-state index >= 15 is 0 Å². The van der Waals surface area contributed by atoms with Gasteiger partial charge in [-0.1, -0.05) is 0 Å². The van der Waals surface area contributed by atoms with Crippen LogP contribution >= 0.6 is 0 Å². The highest BCUT2D eigenvalue weighted by molar-refractivity contribution is 5.93. The molecule has 0 aromatic carbocycles. The maximum Gasteiger partial charge on any atom is 0.341 e. The van der Waals surface area contributed by atoms with Gasteiger partial charge in [0.15, 0.2) is 5.82 Å². The normalized spacial score (nSPS) is 20.1. The first kappa shape index (κ1) is 13.1. The van der Waals surface area contributed by atoms with Crippen molar-refractivity contribution in [2.75, 3.05) is 29.9 Å². The Morgan fingerprint density at radius 1 is 1.50 bits per heavy atom. The van der Waals surface area contributed by atoms with Gasteiger partial charge in [0, 0.05) is 32.4 Å². The maximum atomic E-state index is 12.3. The highest BCUT2D eigenvalue weighted by Gasteiger charge is 2.34. The fraction of sp³-hybridized carbons (Fsp3) is 0.400. The Balaban J connectivity index is 1.98. The molecular formula is C15H16N4O3. The Kier molecular flexibility index (Phi) is 2.66. The lowest BCUT2D eigenvalue weighted by atomic mass is 10.1. The minimum Gasteiger partial charge on any atom is -0.477 e. The summed E-state index contributed by atoms with van der Waals surface area (Å²) in [4.78, 5) is 35.3. The van der Waals surface area contributed by atoms with Gasteiger partial charge in [-0.3, -0.25) is 4.79 Å². The highest BCUT2D eigenvalue weighted by atomic mass is 16.4. The summed E-state index contributed by atoms with van der Waals surface area (Å²) in [5.41, 5.74) is 0.577. The van der Waals surface area contributed by atoms with Gasteiger partial charge in [0.05, 0.1) is 11.1 Å². The molecule has 0 amide bonds. The lowest BCUT2D eigenvalue weighted by Crippen LogP contribution is -2.44. The number of nitrogens with zero attached hydrogens (tertiary/aromatic N) is 3. The van der Waals surface area contributed by atoms with Gasteiger partial charge in [0.1, 0.15) is 11.2 Å². The Morgan fingerprint density at radius 2 is 2.32 bits per heavy atom. The van der Waals surface area contributed by atoms with Gasteiger partial charge in [-0.05, 0) is 18.9 Å². The van der Waals surface area contributed by atoms with Crippen LogP contribution in [0, 0.1) is 0 Å². The smallest absolute Gasteiger partial charge is 0.341 e. The molecule has 1 atom stereocenters. The van der Waals surface area contributed by atoms with Crippen molar-refractivity contribution in [3.8, 4) is 0 Å². The standard InChI is InChI=1S/C15H16N4O3/c1-18-7-8-3-2-4-19(8)14-11(18)5-9-12(20)10(15(21)22)6-16-13(9)17-14/h5-6,8H,2-4,7H2,1H3,(H,21,22)(H,16,17,20)/t8-/m0/s1. The number of likely N-dealkylation sites (N-methyl/N-ethyl adjacent to an activating group) is 1. The number of hydrogen-bond donors (Lipinski definition) is 2. The Morgan fingerprint density at radius 3 is 3.09 bits per heavy atom. The predicted octanol–water partition coefficient (Wildman–Crippen LogP) is 1.04. The van der Waals surface area contributed by atoms with Gasteiger partial charge >= 0.3 is 5.97 Å². The molecule has 0 spiro atoms. The Bertz CT molecular complexity index is 845. The molecule has 1 saturated heterocycles. The summed E-state index contributed by atoms with van der Waals surface area (Å²) in [7, 11) is 1.98. The molecule has 22 heavy (non-hydrogen) atoms. The Hall–Kier alpha value is -2.57. The van der Waals surface area contributed by atoms with Crippen molar-refractivity contribution in [3.63, 3.8) is 0 Å². The van der Waals surface area contributed by atoms with E-state index in [1.54, 1.807) is 6.07 Å². The third kappa shape index (κ3) is 1.71. The van der Waals surface area contributed by atoms with Gasteiger partial charge in [0.2, 0.25) is 5.43 Å². The average Bonchev–Trinajstić information content (AvgIpc) is 2.94. The zero-order chi connectivity index (χ0) is 15.4. The maximum absolute atomic E-state index is 12.3.